The zero-order valence-corrected chi connectivity index (χ0v) is 13.0. The molecule has 0 saturated carbocycles. The summed E-state index contributed by atoms with van der Waals surface area (Å²) in [5, 5.41) is 3.42. The van der Waals surface area contributed by atoms with E-state index in [9.17, 15) is 9.59 Å². The molecule has 1 N–H and O–H groups in total. The molecule has 0 bridgehead atoms. The normalized spacial score (nSPS) is 10.6. The number of carbonyl (C=O) groups is 1. The van der Waals surface area contributed by atoms with Gasteiger partial charge < -0.3 is 14.5 Å². The van der Waals surface area contributed by atoms with E-state index in [2.05, 4.69) is 5.32 Å². The van der Waals surface area contributed by atoms with Crippen LogP contribution in [0.4, 0.5) is 0 Å². The van der Waals surface area contributed by atoms with E-state index in [0.717, 1.165) is 19.3 Å². The summed E-state index contributed by atoms with van der Waals surface area (Å²) < 4.78 is 10.7. The number of unbranched alkanes of at least 4 members (excludes halogenated alkanes) is 1. The molecule has 0 atom stereocenters. The zero-order valence-electron chi connectivity index (χ0n) is 13.0. The first-order valence-corrected chi connectivity index (χ1v) is 7.64. The van der Waals surface area contributed by atoms with Crippen LogP contribution >= 0.6 is 0 Å². The molecule has 0 aliphatic carbocycles. The Morgan fingerprint density at radius 2 is 2.05 bits per heavy atom. The van der Waals surface area contributed by atoms with Crippen LogP contribution in [0.25, 0.3) is 11.0 Å². The lowest BCUT2D eigenvalue weighted by molar-refractivity contribution is 0.0949. The lowest BCUT2D eigenvalue weighted by Crippen LogP contribution is -2.28. The maximum Gasteiger partial charge on any atom is 0.349 e. The molecule has 1 aromatic heterocycles. The molecule has 1 amide bonds. The predicted molar refractivity (Wildman–Crippen MR) is 85.5 cm³/mol. The van der Waals surface area contributed by atoms with E-state index in [4.69, 9.17) is 9.15 Å². The average molecular weight is 303 g/mol. The number of benzene rings is 1. The first-order valence-electron chi connectivity index (χ1n) is 7.64. The molecule has 0 fully saturated rings. The molecule has 1 aromatic carbocycles. The van der Waals surface area contributed by atoms with Gasteiger partial charge in [0.15, 0.2) is 0 Å². The second-order valence-electron chi connectivity index (χ2n) is 5.11. The topological polar surface area (TPSA) is 68.5 Å². The van der Waals surface area contributed by atoms with Crippen LogP contribution in [0, 0.1) is 0 Å². The largest absolute Gasteiger partial charge is 0.493 e. The third-order valence-corrected chi connectivity index (χ3v) is 3.24. The monoisotopic (exact) mass is 303 g/mol. The molecular formula is C17H21NO4. The summed E-state index contributed by atoms with van der Waals surface area (Å²) in [5.74, 6) is 0.257. The third-order valence-electron chi connectivity index (χ3n) is 3.24. The van der Waals surface area contributed by atoms with Gasteiger partial charge in [0.05, 0.1) is 6.61 Å². The minimum absolute atomic E-state index is 0.0332. The fourth-order valence-corrected chi connectivity index (χ4v) is 2.03. The number of nitrogens with one attached hydrogen (secondary N) is 1. The zero-order chi connectivity index (χ0) is 15.9. The number of rotatable bonds is 7. The molecular weight excluding hydrogens is 282 g/mol. The van der Waals surface area contributed by atoms with E-state index in [1.807, 2.05) is 13.8 Å². The number of ether oxygens (including phenoxy) is 1. The molecule has 0 aliphatic heterocycles. The highest BCUT2D eigenvalue weighted by atomic mass is 16.5. The van der Waals surface area contributed by atoms with E-state index in [0.29, 0.717) is 29.9 Å². The van der Waals surface area contributed by atoms with Gasteiger partial charge in [-0.15, -0.1) is 0 Å². The SMILES string of the molecule is CCCCNC(=O)c1cc2ccc(OCCC)cc2oc1=O. The van der Waals surface area contributed by atoms with Crippen LogP contribution in [0.15, 0.2) is 33.5 Å². The van der Waals surface area contributed by atoms with Gasteiger partial charge in [-0.2, -0.15) is 0 Å². The van der Waals surface area contributed by atoms with Gasteiger partial charge in [-0.25, -0.2) is 4.79 Å². The van der Waals surface area contributed by atoms with Gasteiger partial charge in [-0.1, -0.05) is 20.3 Å². The molecule has 0 spiro atoms. The Kier molecular flexibility index (Phi) is 5.58. The number of fused-ring (bicyclic) bond motifs is 1. The van der Waals surface area contributed by atoms with E-state index in [-0.39, 0.29) is 5.56 Å². The van der Waals surface area contributed by atoms with Crippen LogP contribution in [0.5, 0.6) is 5.75 Å². The van der Waals surface area contributed by atoms with E-state index in [1.165, 1.54) is 0 Å². The second-order valence-corrected chi connectivity index (χ2v) is 5.11. The first kappa shape index (κ1) is 16.1. The summed E-state index contributed by atoms with van der Waals surface area (Å²) in [5.41, 5.74) is -0.177. The van der Waals surface area contributed by atoms with Gasteiger partial charge >= 0.3 is 5.63 Å². The lowest BCUT2D eigenvalue weighted by atomic mass is 10.1. The quantitative estimate of drug-likeness (QED) is 0.630. The second kappa shape index (κ2) is 7.64. The molecule has 22 heavy (non-hydrogen) atoms. The Morgan fingerprint density at radius 1 is 1.23 bits per heavy atom. The highest BCUT2D eigenvalue weighted by Crippen LogP contribution is 2.20. The molecule has 0 unspecified atom stereocenters. The van der Waals surface area contributed by atoms with Crippen molar-refractivity contribution in [1.82, 2.24) is 5.32 Å². The molecule has 2 aromatic rings. The van der Waals surface area contributed by atoms with Crippen LogP contribution < -0.4 is 15.7 Å². The summed E-state index contributed by atoms with van der Waals surface area (Å²) in [6, 6.07) is 6.82. The van der Waals surface area contributed by atoms with Gasteiger partial charge in [0.25, 0.3) is 5.91 Å². The standard InChI is InChI=1S/C17H21NO4/c1-3-5-8-18-16(19)14-10-12-6-7-13(21-9-4-2)11-15(12)22-17(14)20/h6-7,10-11H,3-5,8-9H2,1-2H3,(H,18,19). The number of amides is 1. The summed E-state index contributed by atoms with van der Waals surface area (Å²) in [6.07, 6.45) is 2.76. The average Bonchev–Trinajstić information content (AvgIpc) is 2.52. The van der Waals surface area contributed by atoms with Crippen molar-refractivity contribution in [1.29, 1.82) is 0 Å². The van der Waals surface area contributed by atoms with Crippen LogP contribution in [0.1, 0.15) is 43.5 Å². The van der Waals surface area contributed by atoms with Crippen molar-refractivity contribution in [2.45, 2.75) is 33.1 Å². The molecule has 0 radical (unpaired) electrons. The van der Waals surface area contributed by atoms with Crippen molar-refractivity contribution in [3.8, 4) is 5.75 Å². The summed E-state index contributed by atoms with van der Waals surface area (Å²) in [7, 11) is 0. The van der Waals surface area contributed by atoms with Crippen molar-refractivity contribution in [2.75, 3.05) is 13.2 Å². The molecule has 1 heterocycles. The van der Waals surface area contributed by atoms with E-state index < -0.39 is 11.5 Å². The predicted octanol–water partition coefficient (Wildman–Crippen LogP) is 3.11. The van der Waals surface area contributed by atoms with Crippen LogP contribution in [0.3, 0.4) is 0 Å². The van der Waals surface area contributed by atoms with Crippen LogP contribution in [-0.2, 0) is 0 Å². The Labute approximate surface area is 129 Å². The fraction of sp³-hybridized carbons (Fsp3) is 0.412. The number of carbonyl (C=O) groups excluding carboxylic acids is 1. The Morgan fingerprint density at radius 3 is 2.77 bits per heavy atom. The van der Waals surface area contributed by atoms with Crippen molar-refractivity contribution < 1.29 is 13.9 Å². The van der Waals surface area contributed by atoms with Crippen molar-refractivity contribution in [3.05, 3.63) is 40.2 Å². The Hall–Kier alpha value is -2.30. The van der Waals surface area contributed by atoms with Gasteiger partial charge in [-0.05, 0) is 31.0 Å². The summed E-state index contributed by atoms with van der Waals surface area (Å²) in [6.45, 7) is 5.21. The smallest absolute Gasteiger partial charge is 0.349 e. The molecule has 0 saturated heterocycles. The minimum atomic E-state index is -0.630. The maximum absolute atomic E-state index is 12.0. The van der Waals surface area contributed by atoms with E-state index in [1.54, 1.807) is 24.3 Å². The molecule has 5 heteroatoms. The number of hydrogen-bond acceptors (Lipinski definition) is 4. The Balaban J connectivity index is 2.25. The van der Waals surface area contributed by atoms with Gasteiger partial charge in [-0.3, -0.25) is 4.79 Å². The highest BCUT2D eigenvalue weighted by Gasteiger charge is 2.13. The third kappa shape index (κ3) is 3.87. The lowest BCUT2D eigenvalue weighted by Gasteiger charge is -2.07. The maximum atomic E-state index is 12.0. The summed E-state index contributed by atoms with van der Waals surface area (Å²) >= 11 is 0. The van der Waals surface area contributed by atoms with Crippen molar-refractivity contribution >= 4 is 16.9 Å². The van der Waals surface area contributed by atoms with Crippen LogP contribution in [0.2, 0.25) is 0 Å². The van der Waals surface area contributed by atoms with Crippen molar-refractivity contribution in [3.63, 3.8) is 0 Å². The fourth-order valence-electron chi connectivity index (χ4n) is 2.03. The van der Waals surface area contributed by atoms with Crippen LogP contribution in [-0.4, -0.2) is 19.1 Å². The van der Waals surface area contributed by atoms with Gasteiger partial charge in [0.1, 0.15) is 16.9 Å². The van der Waals surface area contributed by atoms with Crippen molar-refractivity contribution in [2.24, 2.45) is 0 Å². The highest BCUT2D eigenvalue weighted by molar-refractivity contribution is 5.96. The molecule has 2 rings (SSSR count). The molecule has 0 aliphatic rings. The van der Waals surface area contributed by atoms with Gasteiger partial charge in [0.2, 0.25) is 0 Å². The molecule has 5 nitrogen and oxygen atoms in total. The summed E-state index contributed by atoms with van der Waals surface area (Å²) in [4.78, 5) is 24.0. The minimum Gasteiger partial charge on any atom is -0.493 e. The Bertz CT molecular complexity index is 705. The first-order chi connectivity index (χ1) is 10.7. The van der Waals surface area contributed by atoms with E-state index >= 15 is 0 Å². The number of hydrogen-bond donors (Lipinski definition) is 1. The van der Waals surface area contributed by atoms with Gasteiger partial charge in [0, 0.05) is 18.0 Å². The molecule has 118 valence electrons.